The molecule has 1 aromatic rings. The van der Waals surface area contributed by atoms with E-state index in [1.807, 2.05) is 11.4 Å². The Hall–Kier alpha value is 0.100. The van der Waals surface area contributed by atoms with Crippen LogP contribution >= 0.6 is 27.3 Å². The van der Waals surface area contributed by atoms with E-state index in [0.717, 1.165) is 10.9 Å². The fourth-order valence-corrected chi connectivity index (χ4v) is 2.72. The normalized spacial score (nSPS) is 13.5. The summed E-state index contributed by atoms with van der Waals surface area (Å²) in [4.78, 5) is 1.21. The van der Waals surface area contributed by atoms with E-state index in [9.17, 15) is 5.11 Å². The predicted octanol–water partition coefficient (Wildman–Crippen LogP) is 2.41. The van der Waals surface area contributed by atoms with E-state index >= 15 is 0 Å². The molecule has 1 unspecified atom stereocenters. The third-order valence-corrected chi connectivity index (χ3v) is 3.82. The molecular formula is C10H16BrNOS. The van der Waals surface area contributed by atoms with Crippen molar-refractivity contribution >= 4 is 27.3 Å². The summed E-state index contributed by atoms with van der Waals surface area (Å²) >= 11 is 5.13. The molecule has 0 aliphatic heterocycles. The van der Waals surface area contributed by atoms with Gasteiger partial charge in [0.25, 0.3) is 0 Å². The molecule has 1 aromatic heterocycles. The van der Waals surface area contributed by atoms with Crippen molar-refractivity contribution in [3.8, 4) is 0 Å². The third kappa shape index (κ3) is 4.09. The molecule has 0 aromatic carbocycles. The molecule has 0 fully saturated rings. The van der Waals surface area contributed by atoms with Crippen LogP contribution in [0.2, 0.25) is 0 Å². The van der Waals surface area contributed by atoms with Crippen LogP contribution in [-0.4, -0.2) is 23.8 Å². The largest absolute Gasteiger partial charge is 0.391 e. The van der Waals surface area contributed by atoms with E-state index in [1.165, 1.54) is 4.88 Å². The first-order chi connectivity index (χ1) is 6.59. The minimum Gasteiger partial charge on any atom is -0.391 e. The lowest BCUT2D eigenvalue weighted by Crippen LogP contribution is -2.32. The van der Waals surface area contributed by atoms with Gasteiger partial charge in [-0.2, -0.15) is 0 Å². The molecule has 1 atom stereocenters. The average molecular weight is 278 g/mol. The van der Waals surface area contributed by atoms with Gasteiger partial charge in [-0.15, -0.1) is 11.3 Å². The van der Waals surface area contributed by atoms with E-state index in [2.05, 4.69) is 35.1 Å². The van der Waals surface area contributed by atoms with Crippen molar-refractivity contribution in [1.29, 1.82) is 0 Å². The number of halogens is 1. The molecule has 0 aliphatic carbocycles. The topological polar surface area (TPSA) is 32.3 Å². The highest BCUT2D eigenvalue weighted by atomic mass is 79.9. The van der Waals surface area contributed by atoms with Gasteiger partial charge in [0.15, 0.2) is 0 Å². The zero-order valence-electron chi connectivity index (χ0n) is 8.46. The summed E-state index contributed by atoms with van der Waals surface area (Å²) < 4.78 is 1.10. The number of hydrogen-bond acceptors (Lipinski definition) is 3. The first-order valence-electron chi connectivity index (χ1n) is 4.73. The lowest BCUT2D eigenvalue weighted by molar-refractivity contribution is 0.169. The summed E-state index contributed by atoms with van der Waals surface area (Å²) in [6.07, 6.45) is 0.421. The van der Waals surface area contributed by atoms with Gasteiger partial charge < -0.3 is 10.4 Å². The van der Waals surface area contributed by atoms with Gasteiger partial charge in [-0.25, -0.2) is 0 Å². The first kappa shape index (κ1) is 12.2. The highest BCUT2D eigenvalue weighted by Crippen LogP contribution is 2.23. The van der Waals surface area contributed by atoms with Crippen molar-refractivity contribution < 1.29 is 5.11 Å². The standard InChI is InChI=1S/C10H16BrNOS/c1-7(2)12-6-8(13)5-10-9(11)3-4-14-10/h3-4,7-8,12-13H,5-6H2,1-2H3. The molecule has 0 spiro atoms. The molecule has 0 amide bonds. The lowest BCUT2D eigenvalue weighted by atomic mass is 10.2. The highest BCUT2D eigenvalue weighted by Gasteiger charge is 2.09. The Morgan fingerprint density at radius 3 is 2.79 bits per heavy atom. The monoisotopic (exact) mass is 277 g/mol. The molecule has 0 saturated carbocycles. The summed E-state index contributed by atoms with van der Waals surface area (Å²) in [7, 11) is 0. The zero-order valence-corrected chi connectivity index (χ0v) is 10.9. The molecule has 80 valence electrons. The second kappa shape index (κ2) is 5.85. The number of aliphatic hydroxyl groups is 1. The lowest BCUT2D eigenvalue weighted by Gasteiger charge is -2.13. The van der Waals surface area contributed by atoms with Gasteiger partial charge in [0.05, 0.1) is 6.10 Å². The second-order valence-electron chi connectivity index (χ2n) is 3.61. The van der Waals surface area contributed by atoms with Crippen LogP contribution in [0.3, 0.4) is 0 Å². The van der Waals surface area contributed by atoms with Gasteiger partial charge in [-0.05, 0) is 27.4 Å². The van der Waals surface area contributed by atoms with Crippen molar-refractivity contribution in [2.45, 2.75) is 32.4 Å². The van der Waals surface area contributed by atoms with Crippen LogP contribution in [-0.2, 0) is 6.42 Å². The Morgan fingerprint density at radius 1 is 1.57 bits per heavy atom. The van der Waals surface area contributed by atoms with Crippen LogP contribution < -0.4 is 5.32 Å². The van der Waals surface area contributed by atoms with Crippen molar-refractivity contribution in [2.24, 2.45) is 0 Å². The smallest absolute Gasteiger partial charge is 0.0713 e. The van der Waals surface area contributed by atoms with Crippen LogP contribution in [0.15, 0.2) is 15.9 Å². The Balaban J connectivity index is 2.34. The maximum Gasteiger partial charge on any atom is 0.0713 e. The van der Waals surface area contributed by atoms with E-state index < -0.39 is 0 Å². The minimum atomic E-state index is -0.299. The van der Waals surface area contributed by atoms with Gasteiger partial charge >= 0.3 is 0 Å². The third-order valence-electron chi connectivity index (χ3n) is 1.87. The summed E-state index contributed by atoms with van der Waals surface area (Å²) in [5.74, 6) is 0. The van der Waals surface area contributed by atoms with Gasteiger partial charge in [-0.3, -0.25) is 0 Å². The molecule has 0 bridgehead atoms. The van der Waals surface area contributed by atoms with E-state index in [1.54, 1.807) is 11.3 Å². The maximum absolute atomic E-state index is 9.72. The summed E-state index contributed by atoms with van der Waals surface area (Å²) in [6, 6.07) is 2.44. The number of rotatable bonds is 5. The quantitative estimate of drug-likeness (QED) is 0.867. The molecule has 2 N–H and O–H groups in total. The first-order valence-corrected chi connectivity index (χ1v) is 6.40. The Bertz CT molecular complexity index is 275. The fraction of sp³-hybridized carbons (Fsp3) is 0.600. The molecule has 0 aliphatic rings. The van der Waals surface area contributed by atoms with Gasteiger partial charge in [0, 0.05) is 28.4 Å². The van der Waals surface area contributed by atoms with E-state index in [-0.39, 0.29) is 6.10 Å². The van der Waals surface area contributed by atoms with E-state index in [0.29, 0.717) is 12.6 Å². The summed E-state index contributed by atoms with van der Waals surface area (Å²) in [6.45, 7) is 4.81. The molecule has 14 heavy (non-hydrogen) atoms. The van der Waals surface area contributed by atoms with Crippen molar-refractivity contribution in [2.75, 3.05) is 6.54 Å². The highest BCUT2D eigenvalue weighted by molar-refractivity contribution is 9.10. The zero-order chi connectivity index (χ0) is 10.6. The minimum absolute atomic E-state index is 0.299. The predicted molar refractivity (Wildman–Crippen MR) is 64.9 cm³/mol. The Kier molecular flexibility index (Phi) is 5.09. The molecule has 0 radical (unpaired) electrons. The van der Waals surface area contributed by atoms with Gasteiger partial charge in [0.1, 0.15) is 0 Å². The summed E-state index contributed by atoms with van der Waals surface area (Å²) in [5, 5.41) is 15.0. The van der Waals surface area contributed by atoms with Crippen molar-refractivity contribution in [3.63, 3.8) is 0 Å². The van der Waals surface area contributed by atoms with Crippen LogP contribution in [0.25, 0.3) is 0 Å². The van der Waals surface area contributed by atoms with Crippen LogP contribution in [0.5, 0.6) is 0 Å². The summed E-state index contributed by atoms with van der Waals surface area (Å²) in [5.41, 5.74) is 0. The van der Waals surface area contributed by atoms with E-state index in [4.69, 9.17) is 0 Å². The average Bonchev–Trinajstić information content (AvgIpc) is 2.49. The van der Waals surface area contributed by atoms with Gasteiger partial charge in [-0.1, -0.05) is 13.8 Å². The fourth-order valence-electron chi connectivity index (χ4n) is 1.13. The number of aliphatic hydroxyl groups excluding tert-OH is 1. The number of thiophene rings is 1. The van der Waals surface area contributed by atoms with Crippen molar-refractivity contribution in [3.05, 3.63) is 20.8 Å². The molecule has 1 rings (SSSR count). The Morgan fingerprint density at radius 2 is 2.29 bits per heavy atom. The van der Waals surface area contributed by atoms with Crippen LogP contribution in [0.1, 0.15) is 18.7 Å². The van der Waals surface area contributed by atoms with Crippen LogP contribution in [0, 0.1) is 0 Å². The SMILES string of the molecule is CC(C)NCC(O)Cc1sccc1Br. The number of hydrogen-bond donors (Lipinski definition) is 2. The molecular weight excluding hydrogens is 262 g/mol. The number of nitrogens with one attached hydrogen (secondary N) is 1. The van der Waals surface area contributed by atoms with Crippen LogP contribution in [0.4, 0.5) is 0 Å². The maximum atomic E-state index is 9.72. The van der Waals surface area contributed by atoms with Gasteiger partial charge in [0.2, 0.25) is 0 Å². The second-order valence-corrected chi connectivity index (χ2v) is 5.47. The Labute approximate surface area is 97.5 Å². The van der Waals surface area contributed by atoms with Crippen molar-refractivity contribution in [1.82, 2.24) is 5.32 Å². The molecule has 1 heterocycles. The molecule has 0 saturated heterocycles. The molecule has 4 heteroatoms. The molecule has 2 nitrogen and oxygen atoms in total.